The van der Waals surface area contributed by atoms with Crippen molar-refractivity contribution in [1.29, 1.82) is 0 Å². The third-order valence-corrected chi connectivity index (χ3v) is 6.36. The van der Waals surface area contributed by atoms with E-state index >= 15 is 0 Å². The number of guanidine groups is 1. The summed E-state index contributed by atoms with van der Waals surface area (Å²) in [5.41, 5.74) is 3.15. The molecule has 0 aromatic rings. The molecule has 2 unspecified atom stereocenters. The molecule has 0 saturated carbocycles. The fourth-order valence-corrected chi connectivity index (χ4v) is 3.76. The van der Waals surface area contributed by atoms with Gasteiger partial charge in [-0.25, -0.2) is 14.8 Å². The lowest BCUT2D eigenvalue weighted by Gasteiger charge is -2.33. The van der Waals surface area contributed by atoms with Crippen LogP contribution in [0.3, 0.4) is 0 Å². The molecular weight excluding hydrogens is 493 g/mol. The lowest BCUT2D eigenvalue weighted by atomic mass is 9.83. The zero-order valence-electron chi connectivity index (χ0n) is 27.2. The summed E-state index contributed by atoms with van der Waals surface area (Å²) >= 11 is 0. The van der Waals surface area contributed by atoms with Gasteiger partial charge in [0.1, 0.15) is 5.60 Å². The second kappa shape index (κ2) is 16.1. The molecule has 0 spiro atoms. The molecule has 2 rings (SSSR count). The number of carbonyl (C=O) groups is 1. The van der Waals surface area contributed by atoms with Crippen molar-refractivity contribution in [3.8, 4) is 0 Å². The summed E-state index contributed by atoms with van der Waals surface area (Å²) in [4.78, 5) is 21.8. The van der Waals surface area contributed by atoms with E-state index in [1.54, 1.807) is 11.2 Å². The molecule has 2 heterocycles. The topological polar surface area (TPSA) is 96.8 Å². The SMILES string of the molecule is C=C1C=NC(=NC(CCC)C(CC)NC(=O)OC(C)(C)C)NN1/C(=C\C)B1OC(C)(C)C(C)(C)O1.CC.CC. The molecule has 0 aromatic heterocycles. The molecule has 2 atom stereocenters. The second-order valence-corrected chi connectivity index (χ2v) is 11.0. The van der Waals surface area contributed by atoms with Crippen molar-refractivity contribution in [2.24, 2.45) is 9.98 Å². The fourth-order valence-electron chi connectivity index (χ4n) is 3.76. The Morgan fingerprint density at radius 2 is 1.74 bits per heavy atom. The maximum atomic E-state index is 12.4. The van der Waals surface area contributed by atoms with Gasteiger partial charge in [-0.1, -0.05) is 60.6 Å². The molecule has 1 fully saturated rings. The molecule has 2 N–H and O–H groups in total. The highest BCUT2D eigenvalue weighted by Crippen LogP contribution is 2.39. The molecule has 10 heteroatoms. The summed E-state index contributed by atoms with van der Waals surface area (Å²) in [6, 6.07) is -0.381. The minimum absolute atomic E-state index is 0.184. The van der Waals surface area contributed by atoms with E-state index in [9.17, 15) is 4.79 Å². The predicted octanol–water partition coefficient (Wildman–Crippen LogP) is 6.81. The molecule has 0 radical (unpaired) electrons. The maximum absolute atomic E-state index is 12.4. The standard InChI is InChI=1S/C25H44BN5O4.2C2H6/c1-12-15-19(18(13-2)29-22(32)33-23(5,6)7)28-21-27-16-17(4)31(30-21)20(14-3)26-34-24(8,9)25(10,11)35-26;2*1-2/h14,16,18-19H,4,12-13,15H2,1-3,5-11H3,(H,28,30)(H,29,32);2*1-2H3/b20-14-;;. The van der Waals surface area contributed by atoms with Crippen molar-refractivity contribution in [2.75, 3.05) is 0 Å². The highest BCUT2D eigenvalue weighted by molar-refractivity contribution is 6.54. The van der Waals surface area contributed by atoms with Gasteiger partial charge >= 0.3 is 13.2 Å². The molecule has 1 saturated heterocycles. The van der Waals surface area contributed by atoms with Gasteiger partial charge in [0.2, 0.25) is 5.96 Å². The summed E-state index contributed by atoms with van der Waals surface area (Å²) in [6.07, 6.45) is 5.54. The third-order valence-electron chi connectivity index (χ3n) is 6.36. The molecule has 224 valence electrons. The first-order chi connectivity index (χ1) is 18.1. The normalized spacial score (nSPS) is 20.7. The van der Waals surface area contributed by atoms with Crippen LogP contribution in [0.15, 0.2) is 33.9 Å². The number of nitrogens with zero attached hydrogens (tertiary/aromatic N) is 3. The van der Waals surface area contributed by atoms with Crippen molar-refractivity contribution >= 4 is 25.4 Å². The summed E-state index contributed by atoms with van der Waals surface area (Å²) in [6.45, 7) is 31.8. The van der Waals surface area contributed by atoms with Gasteiger partial charge in [-0.2, -0.15) is 0 Å². The highest BCUT2D eigenvalue weighted by Gasteiger charge is 2.53. The lowest BCUT2D eigenvalue weighted by Crippen LogP contribution is -2.49. The van der Waals surface area contributed by atoms with E-state index in [0.29, 0.717) is 18.1 Å². The number of hydrogen-bond donors (Lipinski definition) is 2. The van der Waals surface area contributed by atoms with E-state index in [0.717, 1.165) is 18.4 Å². The van der Waals surface area contributed by atoms with E-state index in [4.69, 9.17) is 19.0 Å². The Hall–Kier alpha value is -2.33. The van der Waals surface area contributed by atoms with Crippen LogP contribution in [0.4, 0.5) is 4.79 Å². The number of aliphatic imine (C=N–C) groups is 2. The van der Waals surface area contributed by atoms with Gasteiger partial charge in [0, 0.05) is 0 Å². The zero-order chi connectivity index (χ0) is 30.6. The Morgan fingerprint density at radius 1 is 1.21 bits per heavy atom. The van der Waals surface area contributed by atoms with Crippen LogP contribution < -0.4 is 10.7 Å². The third kappa shape index (κ3) is 10.6. The first-order valence-corrected chi connectivity index (χ1v) is 14.5. The van der Waals surface area contributed by atoms with Gasteiger partial charge < -0.3 is 19.4 Å². The number of allylic oxidation sites excluding steroid dienone is 2. The van der Waals surface area contributed by atoms with Crippen molar-refractivity contribution in [1.82, 2.24) is 15.8 Å². The van der Waals surface area contributed by atoms with E-state index in [1.165, 1.54) is 0 Å². The number of hydrazine groups is 1. The van der Waals surface area contributed by atoms with Crippen LogP contribution in [0.2, 0.25) is 0 Å². The summed E-state index contributed by atoms with van der Waals surface area (Å²) < 4.78 is 18.0. The minimum atomic E-state index is -0.578. The smallest absolute Gasteiger partial charge is 0.444 e. The van der Waals surface area contributed by atoms with Crippen LogP contribution in [-0.4, -0.2) is 59.3 Å². The van der Waals surface area contributed by atoms with Crippen molar-refractivity contribution in [3.63, 3.8) is 0 Å². The summed E-state index contributed by atoms with van der Waals surface area (Å²) in [7, 11) is -0.578. The number of carbonyl (C=O) groups excluding carboxylic acids is 1. The number of ether oxygens (including phenoxy) is 1. The Bertz CT molecular complexity index is 861. The summed E-state index contributed by atoms with van der Waals surface area (Å²) in [5.74, 6) is 0.427. The van der Waals surface area contributed by atoms with Crippen molar-refractivity contribution in [3.05, 3.63) is 23.9 Å². The second-order valence-electron chi connectivity index (χ2n) is 11.0. The number of alkyl carbamates (subject to hydrolysis) is 1. The number of hydrogen-bond acceptors (Lipinski definition) is 6. The van der Waals surface area contributed by atoms with Gasteiger partial charge in [0.05, 0.1) is 40.8 Å². The Labute approximate surface area is 239 Å². The van der Waals surface area contributed by atoms with Gasteiger partial charge in [0.25, 0.3) is 0 Å². The quantitative estimate of drug-likeness (QED) is 0.323. The zero-order valence-corrected chi connectivity index (χ0v) is 27.2. The monoisotopic (exact) mass is 549 g/mol. The van der Waals surface area contributed by atoms with Crippen LogP contribution in [0.1, 0.15) is 116 Å². The van der Waals surface area contributed by atoms with Crippen LogP contribution in [-0.2, 0) is 14.0 Å². The van der Waals surface area contributed by atoms with Gasteiger partial charge in [-0.15, -0.1) is 0 Å². The number of rotatable bonds is 8. The van der Waals surface area contributed by atoms with Gasteiger partial charge in [-0.05, 0) is 68.2 Å². The molecule has 2 aliphatic rings. The first kappa shape index (κ1) is 36.7. The predicted molar refractivity (Wildman–Crippen MR) is 165 cm³/mol. The van der Waals surface area contributed by atoms with Crippen LogP contribution in [0.5, 0.6) is 0 Å². The van der Waals surface area contributed by atoms with E-state index in [-0.39, 0.29) is 12.1 Å². The number of nitrogens with one attached hydrogen (secondary N) is 2. The van der Waals surface area contributed by atoms with E-state index in [2.05, 4.69) is 29.2 Å². The molecule has 9 nitrogen and oxygen atoms in total. The lowest BCUT2D eigenvalue weighted by molar-refractivity contribution is 0.00578. The van der Waals surface area contributed by atoms with Crippen LogP contribution >= 0.6 is 0 Å². The van der Waals surface area contributed by atoms with Crippen molar-refractivity contribution in [2.45, 2.75) is 145 Å². The molecule has 2 aliphatic heterocycles. The Kier molecular flexibility index (Phi) is 15.1. The maximum Gasteiger partial charge on any atom is 0.514 e. The Balaban J connectivity index is 0.00000344. The molecule has 1 amide bonds. The average molecular weight is 550 g/mol. The van der Waals surface area contributed by atoms with Gasteiger partial charge in [-0.3, -0.25) is 10.4 Å². The summed E-state index contributed by atoms with van der Waals surface area (Å²) in [5, 5.41) is 4.77. The number of amides is 1. The Morgan fingerprint density at radius 3 is 2.18 bits per heavy atom. The molecule has 0 aliphatic carbocycles. The van der Waals surface area contributed by atoms with Crippen LogP contribution in [0, 0.1) is 0 Å². The van der Waals surface area contributed by atoms with Crippen molar-refractivity contribution < 1.29 is 18.8 Å². The van der Waals surface area contributed by atoms with Gasteiger partial charge in [0.15, 0.2) is 0 Å². The average Bonchev–Trinajstić information content (AvgIpc) is 3.07. The largest absolute Gasteiger partial charge is 0.514 e. The molecule has 0 bridgehead atoms. The first-order valence-electron chi connectivity index (χ1n) is 14.5. The van der Waals surface area contributed by atoms with E-state index < -0.39 is 30.0 Å². The fraction of sp³-hybridized carbons (Fsp3) is 0.759. The van der Waals surface area contributed by atoms with E-state index in [1.807, 2.05) is 96.1 Å². The van der Waals surface area contributed by atoms with Crippen LogP contribution in [0.25, 0.3) is 0 Å². The molecule has 0 aromatic carbocycles. The highest BCUT2D eigenvalue weighted by atomic mass is 16.7. The minimum Gasteiger partial charge on any atom is -0.444 e. The molecular formula is C29H56BN5O4. The molecule has 39 heavy (non-hydrogen) atoms.